The molecule has 1 N–H and O–H groups in total. The van der Waals surface area contributed by atoms with Gasteiger partial charge in [0, 0.05) is 9.90 Å². The number of nitriles is 1. The number of aryl methyl sites for hydroxylation is 2. The molecule has 2 rings (SSSR count). The van der Waals surface area contributed by atoms with Crippen molar-refractivity contribution in [2.45, 2.75) is 20.4 Å². The molecule has 0 atom stereocenters. The molecule has 0 radical (unpaired) electrons. The molecule has 0 saturated heterocycles. The summed E-state index contributed by atoms with van der Waals surface area (Å²) in [5, 5.41) is 13.9. The Bertz CT molecular complexity index is 613. The highest BCUT2D eigenvalue weighted by atomic mass is 35.5. The number of thiazole rings is 1. The number of hydrogen-bond acceptors (Lipinski definition) is 4. The lowest BCUT2D eigenvalue weighted by molar-refractivity contribution is 1.11. The smallest absolute Gasteiger partial charge is 0.101 e. The van der Waals surface area contributed by atoms with Crippen LogP contribution >= 0.6 is 22.9 Å². The van der Waals surface area contributed by atoms with Gasteiger partial charge in [-0.15, -0.1) is 11.3 Å². The summed E-state index contributed by atoms with van der Waals surface area (Å²) >= 11 is 7.59. The largest absolute Gasteiger partial charge is 0.379 e. The summed E-state index contributed by atoms with van der Waals surface area (Å²) in [4.78, 5) is 5.55. The molecule has 2 aromatic rings. The van der Waals surface area contributed by atoms with Crippen LogP contribution < -0.4 is 5.32 Å². The third kappa shape index (κ3) is 2.81. The number of halogens is 1. The summed E-state index contributed by atoms with van der Waals surface area (Å²) in [5.41, 5.74) is 2.39. The molecule has 18 heavy (non-hydrogen) atoms. The van der Waals surface area contributed by atoms with Gasteiger partial charge in [-0.05, 0) is 32.0 Å². The number of nitrogens with zero attached hydrogens (tertiary/aromatic N) is 2. The van der Waals surface area contributed by atoms with E-state index < -0.39 is 0 Å². The van der Waals surface area contributed by atoms with Gasteiger partial charge in [0.25, 0.3) is 0 Å². The molecule has 1 heterocycles. The van der Waals surface area contributed by atoms with E-state index in [4.69, 9.17) is 16.9 Å². The van der Waals surface area contributed by atoms with Gasteiger partial charge in [-0.1, -0.05) is 11.6 Å². The fourth-order valence-corrected chi connectivity index (χ4v) is 2.72. The van der Waals surface area contributed by atoms with Crippen LogP contribution in [0, 0.1) is 25.2 Å². The summed E-state index contributed by atoms with van der Waals surface area (Å²) < 4.78 is 0. The molecule has 0 saturated carbocycles. The van der Waals surface area contributed by atoms with E-state index in [9.17, 15) is 0 Å². The van der Waals surface area contributed by atoms with Crippen LogP contribution in [0.5, 0.6) is 0 Å². The average molecular weight is 278 g/mol. The highest BCUT2D eigenvalue weighted by Crippen LogP contribution is 2.23. The molecule has 0 spiro atoms. The monoisotopic (exact) mass is 277 g/mol. The summed E-state index contributed by atoms with van der Waals surface area (Å²) in [6, 6.07) is 7.35. The van der Waals surface area contributed by atoms with Crippen molar-refractivity contribution in [2.24, 2.45) is 0 Å². The van der Waals surface area contributed by atoms with Crippen LogP contribution in [0.2, 0.25) is 5.02 Å². The maximum atomic E-state index is 9.02. The first-order valence-corrected chi connectivity index (χ1v) is 6.66. The average Bonchev–Trinajstić information content (AvgIpc) is 2.65. The molecule has 0 aliphatic heterocycles. The quantitative estimate of drug-likeness (QED) is 0.926. The lowest BCUT2D eigenvalue weighted by Gasteiger charge is -2.07. The second-order valence-corrected chi connectivity index (χ2v) is 5.62. The predicted molar refractivity (Wildman–Crippen MR) is 75.1 cm³/mol. The van der Waals surface area contributed by atoms with Crippen molar-refractivity contribution >= 4 is 28.6 Å². The van der Waals surface area contributed by atoms with Crippen molar-refractivity contribution < 1.29 is 0 Å². The highest BCUT2D eigenvalue weighted by Gasteiger charge is 2.07. The Hall–Kier alpha value is -1.57. The van der Waals surface area contributed by atoms with Gasteiger partial charge in [-0.3, -0.25) is 0 Å². The van der Waals surface area contributed by atoms with Crippen molar-refractivity contribution in [1.82, 2.24) is 4.98 Å². The van der Waals surface area contributed by atoms with Gasteiger partial charge >= 0.3 is 0 Å². The van der Waals surface area contributed by atoms with Crippen LogP contribution in [0.15, 0.2) is 18.2 Å². The zero-order valence-electron chi connectivity index (χ0n) is 10.1. The molecule has 0 unspecified atom stereocenters. The Morgan fingerprint density at radius 1 is 1.44 bits per heavy atom. The zero-order valence-corrected chi connectivity index (χ0v) is 11.7. The minimum atomic E-state index is 0.596. The third-order valence-electron chi connectivity index (χ3n) is 2.54. The summed E-state index contributed by atoms with van der Waals surface area (Å²) in [6.45, 7) is 4.64. The highest BCUT2D eigenvalue weighted by molar-refractivity contribution is 7.11. The maximum Gasteiger partial charge on any atom is 0.101 e. The van der Waals surface area contributed by atoms with Crippen molar-refractivity contribution in [2.75, 3.05) is 5.32 Å². The molecule has 92 valence electrons. The van der Waals surface area contributed by atoms with Crippen molar-refractivity contribution in [3.63, 3.8) is 0 Å². The lowest BCUT2D eigenvalue weighted by Crippen LogP contribution is -2.01. The first-order chi connectivity index (χ1) is 8.60. The number of benzene rings is 1. The van der Waals surface area contributed by atoms with Crippen LogP contribution in [0.25, 0.3) is 0 Å². The van der Waals surface area contributed by atoms with Crippen LogP contribution in [0.1, 0.15) is 21.1 Å². The van der Waals surface area contributed by atoms with Crippen molar-refractivity contribution in [3.05, 3.63) is 44.4 Å². The SMILES string of the molecule is Cc1nc(C)c(CNc2cc(Cl)ccc2C#N)s1. The number of aromatic nitrogens is 1. The van der Waals surface area contributed by atoms with Crippen LogP contribution in [-0.4, -0.2) is 4.98 Å². The molecule has 0 amide bonds. The Balaban J connectivity index is 2.18. The normalized spacial score (nSPS) is 10.1. The third-order valence-corrected chi connectivity index (χ3v) is 3.85. The second kappa shape index (κ2) is 5.38. The first kappa shape index (κ1) is 12.9. The molecule has 0 aliphatic rings. The van der Waals surface area contributed by atoms with E-state index in [0.717, 1.165) is 16.4 Å². The molecule has 3 nitrogen and oxygen atoms in total. The topological polar surface area (TPSA) is 48.7 Å². The number of nitrogens with one attached hydrogen (secondary N) is 1. The number of anilines is 1. The second-order valence-electron chi connectivity index (χ2n) is 3.90. The Labute approximate surface area is 115 Å². The number of rotatable bonds is 3. The number of hydrogen-bond donors (Lipinski definition) is 1. The molecule has 0 fully saturated rings. The van der Waals surface area contributed by atoms with E-state index in [1.54, 1.807) is 29.5 Å². The molecule has 0 aliphatic carbocycles. The van der Waals surface area contributed by atoms with E-state index in [0.29, 0.717) is 17.1 Å². The predicted octanol–water partition coefficient (Wildman–Crippen LogP) is 3.90. The summed E-state index contributed by atoms with van der Waals surface area (Å²) in [7, 11) is 0. The van der Waals surface area contributed by atoms with E-state index in [2.05, 4.69) is 16.4 Å². The lowest BCUT2D eigenvalue weighted by atomic mass is 10.2. The summed E-state index contributed by atoms with van der Waals surface area (Å²) in [6.07, 6.45) is 0. The Kier molecular flexibility index (Phi) is 3.85. The van der Waals surface area contributed by atoms with Gasteiger partial charge in [-0.25, -0.2) is 4.98 Å². The van der Waals surface area contributed by atoms with E-state index in [1.165, 1.54) is 4.88 Å². The van der Waals surface area contributed by atoms with Crippen molar-refractivity contribution in [3.8, 4) is 6.07 Å². The fourth-order valence-electron chi connectivity index (χ4n) is 1.67. The van der Waals surface area contributed by atoms with E-state index in [-0.39, 0.29) is 0 Å². The van der Waals surface area contributed by atoms with Crippen molar-refractivity contribution in [1.29, 1.82) is 5.26 Å². The summed E-state index contributed by atoms with van der Waals surface area (Å²) in [5.74, 6) is 0. The minimum absolute atomic E-state index is 0.596. The van der Waals surface area contributed by atoms with Gasteiger partial charge in [0.1, 0.15) is 6.07 Å². The van der Waals surface area contributed by atoms with Gasteiger partial charge < -0.3 is 5.32 Å². The Morgan fingerprint density at radius 2 is 2.22 bits per heavy atom. The fraction of sp³-hybridized carbons (Fsp3) is 0.231. The van der Waals surface area contributed by atoms with Crippen LogP contribution in [0.4, 0.5) is 5.69 Å². The molecule has 5 heteroatoms. The molecule has 1 aromatic heterocycles. The molecular formula is C13H12ClN3S. The molecule has 1 aromatic carbocycles. The zero-order chi connectivity index (χ0) is 13.1. The van der Waals surface area contributed by atoms with Crippen LogP contribution in [0.3, 0.4) is 0 Å². The van der Waals surface area contributed by atoms with E-state index in [1.807, 2.05) is 13.8 Å². The van der Waals surface area contributed by atoms with Crippen LogP contribution in [-0.2, 0) is 6.54 Å². The van der Waals surface area contributed by atoms with Gasteiger partial charge in [0.2, 0.25) is 0 Å². The Morgan fingerprint density at radius 3 is 2.83 bits per heavy atom. The standard InChI is InChI=1S/C13H12ClN3S/c1-8-13(18-9(2)17-8)7-16-12-5-11(14)4-3-10(12)6-15/h3-5,16H,7H2,1-2H3. The minimum Gasteiger partial charge on any atom is -0.379 e. The molecule has 0 bridgehead atoms. The van der Waals surface area contributed by atoms with Gasteiger partial charge in [0.05, 0.1) is 28.5 Å². The van der Waals surface area contributed by atoms with Gasteiger partial charge in [0.15, 0.2) is 0 Å². The maximum absolute atomic E-state index is 9.02. The van der Waals surface area contributed by atoms with Gasteiger partial charge in [-0.2, -0.15) is 5.26 Å². The first-order valence-electron chi connectivity index (χ1n) is 5.46. The molecular weight excluding hydrogens is 266 g/mol. The van der Waals surface area contributed by atoms with E-state index >= 15 is 0 Å².